The van der Waals surface area contributed by atoms with Crippen molar-refractivity contribution in [1.29, 1.82) is 5.26 Å². The molecule has 1 atom stereocenters. The van der Waals surface area contributed by atoms with Crippen LogP contribution in [0.15, 0.2) is 55.0 Å². The quantitative estimate of drug-likeness (QED) is 0.636. The number of hydrogen-bond acceptors (Lipinski definition) is 6. The average Bonchev–Trinajstić information content (AvgIpc) is 3.30. The number of benzene rings is 2. The van der Waals surface area contributed by atoms with Crippen LogP contribution in [0.5, 0.6) is 5.75 Å². The minimum absolute atomic E-state index is 0.225. The maximum absolute atomic E-state index is 12.6. The van der Waals surface area contributed by atoms with Crippen molar-refractivity contribution in [3.05, 3.63) is 71.7 Å². The molecule has 0 spiro atoms. The van der Waals surface area contributed by atoms with Crippen LogP contribution in [-0.4, -0.2) is 48.6 Å². The van der Waals surface area contributed by atoms with E-state index in [9.17, 15) is 13.7 Å². The Morgan fingerprint density at radius 3 is 2.71 bits per heavy atom. The van der Waals surface area contributed by atoms with Gasteiger partial charge in [0.25, 0.3) is 0 Å². The topological polar surface area (TPSA) is 102 Å². The number of aromatic nitrogens is 2. The Kier molecular flexibility index (Phi) is 5.67. The molecule has 2 aromatic carbocycles. The maximum atomic E-state index is 12.6. The third-order valence-electron chi connectivity index (χ3n) is 5.37. The first-order valence-corrected chi connectivity index (χ1v) is 11.6. The van der Waals surface area contributed by atoms with Gasteiger partial charge < -0.3 is 14.6 Å². The van der Waals surface area contributed by atoms with Gasteiger partial charge in [0.1, 0.15) is 18.2 Å². The Morgan fingerprint density at radius 1 is 1.29 bits per heavy atom. The molecule has 0 saturated carbocycles. The zero-order valence-electron chi connectivity index (χ0n) is 17.3. The molecule has 9 heteroatoms. The van der Waals surface area contributed by atoms with Crippen LogP contribution in [0.2, 0.25) is 0 Å². The number of H-pyrrole nitrogens is 1. The van der Waals surface area contributed by atoms with Gasteiger partial charge in [-0.25, -0.2) is 13.4 Å². The number of ether oxygens (including phenoxy) is 1. The number of nitriles is 1. The third-order valence-corrected chi connectivity index (χ3v) is 6.65. The summed E-state index contributed by atoms with van der Waals surface area (Å²) in [6.45, 7) is 0.491. The summed E-state index contributed by atoms with van der Waals surface area (Å²) in [7, 11) is -1.62. The van der Waals surface area contributed by atoms with Crippen LogP contribution in [0.25, 0.3) is 0 Å². The first kappa shape index (κ1) is 20.9. The molecule has 1 aromatic heterocycles. The monoisotopic (exact) mass is 437 g/mol. The third kappa shape index (κ3) is 4.40. The SMILES string of the molecule is CN(c1cnc[nH]1)c1cc(C#N)cc2c1OCC(N(Cc1ccccc1)S(C)(=O)=O)C2. The fraction of sp³-hybridized carbons (Fsp3) is 0.273. The molecule has 31 heavy (non-hydrogen) atoms. The second kappa shape index (κ2) is 8.41. The van der Waals surface area contributed by atoms with Crippen molar-refractivity contribution >= 4 is 21.5 Å². The summed E-state index contributed by atoms with van der Waals surface area (Å²) in [4.78, 5) is 8.96. The Hall–Kier alpha value is -3.35. The van der Waals surface area contributed by atoms with Gasteiger partial charge in [-0.05, 0) is 29.7 Å². The number of fused-ring (bicyclic) bond motifs is 1. The molecule has 8 nitrogen and oxygen atoms in total. The molecule has 0 aliphatic carbocycles. The second-order valence-electron chi connectivity index (χ2n) is 7.55. The first-order chi connectivity index (χ1) is 14.9. The summed E-state index contributed by atoms with van der Waals surface area (Å²) in [5, 5.41) is 9.54. The van der Waals surface area contributed by atoms with Gasteiger partial charge in [-0.3, -0.25) is 0 Å². The number of anilines is 2. The molecule has 1 unspecified atom stereocenters. The predicted molar refractivity (Wildman–Crippen MR) is 118 cm³/mol. The van der Waals surface area contributed by atoms with Crippen LogP contribution in [0, 0.1) is 11.3 Å². The molecule has 0 fully saturated rings. The predicted octanol–water partition coefficient (Wildman–Crippen LogP) is 2.81. The Bertz CT molecular complexity index is 1200. The lowest BCUT2D eigenvalue weighted by atomic mass is 9.98. The van der Waals surface area contributed by atoms with Crippen LogP contribution < -0.4 is 9.64 Å². The van der Waals surface area contributed by atoms with Crippen LogP contribution >= 0.6 is 0 Å². The fourth-order valence-corrected chi connectivity index (χ4v) is 4.88. The highest BCUT2D eigenvalue weighted by Crippen LogP contribution is 2.39. The van der Waals surface area contributed by atoms with Crippen LogP contribution in [0.4, 0.5) is 11.5 Å². The Morgan fingerprint density at radius 2 is 2.06 bits per heavy atom. The van der Waals surface area contributed by atoms with Crippen LogP contribution in [-0.2, 0) is 23.0 Å². The molecule has 2 heterocycles. The van der Waals surface area contributed by atoms with Crippen molar-refractivity contribution < 1.29 is 13.2 Å². The summed E-state index contributed by atoms with van der Waals surface area (Å²) in [5.41, 5.74) is 2.92. The van der Waals surface area contributed by atoms with E-state index in [1.54, 1.807) is 24.7 Å². The molecular weight excluding hydrogens is 414 g/mol. The molecule has 0 saturated heterocycles. The number of rotatable bonds is 6. The number of nitrogens with one attached hydrogen (secondary N) is 1. The van der Waals surface area contributed by atoms with Gasteiger partial charge in [-0.2, -0.15) is 9.57 Å². The second-order valence-corrected chi connectivity index (χ2v) is 9.49. The Labute approximate surface area is 181 Å². The number of nitrogens with zero attached hydrogens (tertiary/aromatic N) is 4. The number of aromatic amines is 1. The minimum Gasteiger partial charge on any atom is -0.489 e. The van der Waals surface area contributed by atoms with E-state index < -0.39 is 10.0 Å². The zero-order chi connectivity index (χ0) is 22.0. The van der Waals surface area contributed by atoms with E-state index in [0.717, 1.165) is 22.6 Å². The Balaban J connectivity index is 1.68. The summed E-state index contributed by atoms with van der Waals surface area (Å²) in [6, 6.07) is 14.8. The van der Waals surface area contributed by atoms with E-state index in [1.165, 1.54) is 10.6 Å². The van der Waals surface area contributed by atoms with Crippen LogP contribution in [0.1, 0.15) is 16.7 Å². The molecule has 1 aliphatic heterocycles. The molecule has 0 bridgehead atoms. The van der Waals surface area contributed by atoms with Crippen molar-refractivity contribution in [2.45, 2.75) is 19.0 Å². The van der Waals surface area contributed by atoms with Crippen molar-refractivity contribution in [2.24, 2.45) is 0 Å². The molecule has 1 N–H and O–H groups in total. The summed E-state index contributed by atoms with van der Waals surface area (Å²) in [6.07, 6.45) is 4.93. The van der Waals surface area contributed by atoms with E-state index in [4.69, 9.17) is 4.74 Å². The standard InChI is InChI=1S/C22H23N5O3S/c1-26(21-12-24-15-25-21)20-9-17(11-23)8-18-10-19(14-30-22(18)20)27(31(2,28)29)13-16-6-4-3-5-7-16/h3-9,12,15,19H,10,13-14H2,1-2H3,(H,24,25). The lowest BCUT2D eigenvalue weighted by molar-refractivity contribution is 0.180. The highest BCUT2D eigenvalue weighted by Gasteiger charge is 2.33. The molecular formula is C22H23N5O3S. The fourth-order valence-electron chi connectivity index (χ4n) is 3.82. The van der Waals surface area contributed by atoms with Gasteiger partial charge in [-0.1, -0.05) is 30.3 Å². The van der Waals surface area contributed by atoms with Gasteiger partial charge in [0, 0.05) is 13.6 Å². The van der Waals surface area contributed by atoms with E-state index in [1.807, 2.05) is 42.3 Å². The molecule has 0 amide bonds. The summed E-state index contributed by atoms with van der Waals surface area (Å²) >= 11 is 0. The van der Waals surface area contributed by atoms with E-state index in [-0.39, 0.29) is 19.2 Å². The van der Waals surface area contributed by atoms with Gasteiger partial charge >= 0.3 is 0 Å². The van der Waals surface area contributed by atoms with Crippen molar-refractivity contribution in [1.82, 2.24) is 14.3 Å². The van der Waals surface area contributed by atoms with Crippen molar-refractivity contribution in [3.8, 4) is 11.8 Å². The molecule has 0 radical (unpaired) electrons. The zero-order valence-corrected chi connectivity index (χ0v) is 18.1. The largest absolute Gasteiger partial charge is 0.489 e. The van der Waals surface area contributed by atoms with Gasteiger partial charge in [0.15, 0.2) is 0 Å². The van der Waals surface area contributed by atoms with E-state index in [2.05, 4.69) is 16.0 Å². The van der Waals surface area contributed by atoms with Gasteiger partial charge in [0.05, 0.1) is 42.1 Å². The lowest BCUT2D eigenvalue weighted by Crippen LogP contribution is -2.45. The number of hydrogen-bond donors (Lipinski definition) is 1. The lowest BCUT2D eigenvalue weighted by Gasteiger charge is -2.35. The van der Waals surface area contributed by atoms with Gasteiger partial charge in [-0.15, -0.1) is 0 Å². The molecule has 4 rings (SSSR count). The minimum atomic E-state index is -3.48. The van der Waals surface area contributed by atoms with Crippen molar-refractivity contribution in [3.63, 3.8) is 0 Å². The molecule has 3 aromatic rings. The summed E-state index contributed by atoms with van der Waals surface area (Å²) in [5.74, 6) is 1.41. The average molecular weight is 438 g/mol. The smallest absolute Gasteiger partial charge is 0.211 e. The highest BCUT2D eigenvalue weighted by molar-refractivity contribution is 7.88. The normalized spacial score (nSPS) is 15.7. The van der Waals surface area contributed by atoms with Gasteiger partial charge in [0.2, 0.25) is 10.0 Å². The molecule has 160 valence electrons. The van der Waals surface area contributed by atoms with Crippen LogP contribution in [0.3, 0.4) is 0 Å². The summed E-state index contributed by atoms with van der Waals surface area (Å²) < 4.78 is 32.8. The van der Waals surface area contributed by atoms with E-state index >= 15 is 0 Å². The number of imidazole rings is 1. The van der Waals surface area contributed by atoms with E-state index in [0.29, 0.717) is 17.7 Å². The number of sulfonamides is 1. The first-order valence-electron chi connectivity index (χ1n) is 9.79. The van der Waals surface area contributed by atoms with Crippen molar-refractivity contribution in [2.75, 3.05) is 24.8 Å². The molecule has 1 aliphatic rings. The highest BCUT2D eigenvalue weighted by atomic mass is 32.2. The maximum Gasteiger partial charge on any atom is 0.211 e.